The van der Waals surface area contributed by atoms with Crippen LogP contribution in [0.25, 0.3) is 11.0 Å². The molecule has 1 N–H and O–H groups in total. The molecule has 0 atom stereocenters. The van der Waals surface area contributed by atoms with E-state index >= 15 is 0 Å². The summed E-state index contributed by atoms with van der Waals surface area (Å²) >= 11 is 0. The molecule has 1 aromatic heterocycles. The first-order chi connectivity index (χ1) is 7.49. The average Bonchev–Trinajstić information content (AvgIpc) is 2.61. The summed E-state index contributed by atoms with van der Waals surface area (Å²) in [5.74, 6) is -0.796. The van der Waals surface area contributed by atoms with Crippen molar-refractivity contribution in [3.8, 4) is 0 Å². The fourth-order valence-corrected chi connectivity index (χ4v) is 1.77. The standard InChI is InChI=1S/C12H13NO3/c1-12(2,6-11(14)15)9-3-4-10-8(5-9)7-13-16-10/h3-5,7H,6H2,1-2H3,(H,14,15). The van der Waals surface area contributed by atoms with Crippen LogP contribution in [0.3, 0.4) is 0 Å². The van der Waals surface area contributed by atoms with Crippen LogP contribution in [-0.2, 0) is 10.2 Å². The molecule has 1 heterocycles. The lowest BCUT2D eigenvalue weighted by atomic mass is 9.81. The Morgan fingerprint density at radius 2 is 2.25 bits per heavy atom. The van der Waals surface area contributed by atoms with E-state index in [1.807, 2.05) is 32.0 Å². The summed E-state index contributed by atoms with van der Waals surface area (Å²) in [7, 11) is 0. The van der Waals surface area contributed by atoms with Crippen molar-refractivity contribution in [2.45, 2.75) is 25.7 Å². The Balaban J connectivity index is 2.41. The van der Waals surface area contributed by atoms with Gasteiger partial charge in [0.15, 0.2) is 5.58 Å². The maximum atomic E-state index is 10.8. The minimum atomic E-state index is -0.796. The molecule has 1 aromatic carbocycles. The molecule has 84 valence electrons. The van der Waals surface area contributed by atoms with E-state index < -0.39 is 11.4 Å². The third-order valence-corrected chi connectivity index (χ3v) is 2.73. The van der Waals surface area contributed by atoms with Crippen LogP contribution < -0.4 is 0 Å². The maximum Gasteiger partial charge on any atom is 0.304 e. The van der Waals surface area contributed by atoms with E-state index in [1.165, 1.54) is 0 Å². The van der Waals surface area contributed by atoms with E-state index in [1.54, 1.807) is 6.20 Å². The van der Waals surface area contributed by atoms with Crippen LogP contribution in [-0.4, -0.2) is 16.2 Å². The molecule has 16 heavy (non-hydrogen) atoms. The highest BCUT2D eigenvalue weighted by Gasteiger charge is 2.24. The highest BCUT2D eigenvalue weighted by molar-refractivity contribution is 5.77. The van der Waals surface area contributed by atoms with Gasteiger partial charge >= 0.3 is 5.97 Å². The van der Waals surface area contributed by atoms with Crippen LogP contribution in [0.15, 0.2) is 28.9 Å². The molecular weight excluding hydrogens is 206 g/mol. The Morgan fingerprint density at radius 1 is 1.50 bits per heavy atom. The first kappa shape index (κ1) is 10.7. The molecule has 0 saturated heterocycles. The van der Waals surface area contributed by atoms with E-state index in [9.17, 15) is 4.79 Å². The predicted octanol–water partition coefficient (Wildman–Crippen LogP) is 2.58. The molecule has 0 unspecified atom stereocenters. The van der Waals surface area contributed by atoms with Crippen molar-refractivity contribution in [2.75, 3.05) is 0 Å². The Morgan fingerprint density at radius 3 is 2.94 bits per heavy atom. The molecule has 4 nitrogen and oxygen atoms in total. The molecule has 2 rings (SSSR count). The van der Waals surface area contributed by atoms with Crippen LogP contribution in [0.2, 0.25) is 0 Å². The van der Waals surface area contributed by atoms with Crippen LogP contribution in [0.5, 0.6) is 0 Å². The van der Waals surface area contributed by atoms with Crippen molar-refractivity contribution < 1.29 is 14.4 Å². The average molecular weight is 219 g/mol. The quantitative estimate of drug-likeness (QED) is 0.861. The van der Waals surface area contributed by atoms with Gasteiger partial charge in [0.2, 0.25) is 0 Å². The number of hydrogen-bond donors (Lipinski definition) is 1. The van der Waals surface area contributed by atoms with Crippen LogP contribution in [0.4, 0.5) is 0 Å². The minimum Gasteiger partial charge on any atom is -0.481 e. The maximum absolute atomic E-state index is 10.8. The van der Waals surface area contributed by atoms with Gasteiger partial charge in [-0.2, -0.15) is 0 Å². The van der Waals surface area contributed by atoms with Crippen molar-refractivity contribution in [1.82, 2.24) is 5.16 Å². The SMILES string of the molecule is CC(C)(CC(=O)O)c1ccc2oncc2c1. The molecule has 0 aliphatic carbocycles. The summed E-state index contributed by atoms with van der Waals surface area (Å²) in [6.07, 6.45) is 1.74. The largest absolute Gasteiger partial charge is 0.481 e. The molecule has 4 heteroatoms. The second-order valence-electron chi connectivity index (χ2n) is 4.53. The number of nitrogens with zero attached hydrogens (tertiary/aromatic N) is 1. The first-order valence-corrected chi connectivity index (χ1v) is 5.06. The third-order valence-electron chi connectivity index (χ3n) is 2.73. The lowest BCUT2D eigenvalue weighted by Crippen LogP contribution is -2.21. The predicted molar refractivity (Wildman–Crippen MR) is 59.3 cm³/mol. The normalized spacial score (nSPS) is 11.9. The first-order valence-electron chi connectivity index (χ1n) is 5.06. The van der Waals surface area contributed by atoms with E-state index in [-0.39, 0.29) is 6.42 Å². The summed E-state index contributed by atoms with van der Waals surface area (Å²) in [4.78, 5) is 10.8. The van der Waals surface area contributed by atoms with Gasteiger partial charge in [-0.15, -0.1) is 0 Å². The molecule has 0 aliphatic rings. The highest BCUT2D eigenvalue weighted by atomic mass is 16.5. The minimum absolute atomic E-state index is 0.101. The van der Waals surface area contributed by atoms with Gasteiger partial charge in [0, 0.05) is 10.8 Å². The number of rotatable bonds is 3. The Kier molecular flexibility index (Phi) is 2.42. The fourth-order valence-electron chi connectivity index (χ4n) is 1.77. The van der Waals surface area contributed by atoms with Gasteiger partial charge < -0.3 is 9.63 Å². The fraction of sp³-hybridized carbons (Fsp3) is 0.333. The van der Waals surface area contributed by atoms with Gasteiger partial charge in [-0.3, -0.25) is 4.79 Å². The Labute approximate surface area is 92.9 Å². The van der Waals surface area contributed by atoms with Crippen molar-refractivity contribution in [3.05, 3.63) is 30.0 Å². The topological polar surface area (TPSA) is 63.3 Å². The smallest absolute Gasteiger partial charge is 0.304 e. The summed E-state index contributed by atoms with van der Waals surface area (Å²) in [6.45, 7) is 3.82. The lowest BCUT2D eigenvalue weighted by molar-refractivity contribution is -0.138. The van der Waals surface area contributed by atoms with E-state index in [0.717, 1.165) is 16.5 Å². The van der Waals surface area contributed by atoms with Gasteiger partial charge in [0.05, 0.1) is 12.6 Å². The molecule has 0 aliphatic heterocycles. The zero-order chi connectivity index (χ0) is 11.8. The second kappa shape index (κ2) is 3.63. The number of carbonyl (C=O) groups is 1. The van der Waals surface area contributed by atoms with Crippen molar-refractivity contribution in [2.24, 2.45) is 0 Å². The zero-order valence-electron chi connectivity index (χ0n) is 9.23. The van der Waals surface area contributed by atoms with Crippen LogP contribution >= 0.6 is 0 Å². The summed E-state index contributed by atoms with van der Waals surface area (Å²) in [6, 6.07) is 5.63. The second-order valence-corrected chi connectivity index (χ2v) is 4.53. The third kappa shape index (κ3) is 1.91. The molecule has 0 saturated carbocycles. The molecule has 2 aromatic rings. The summed E-state index contributed by atoms with van der Waals surface area (Å²) in [5.41, 5.74) is 1.30. The summed E-state index contributed by atoms with van der Waals surface area (Å²) in [5, 5.41) is 13.4. The van der Waals surface area contributed by atoms with Crippen molar-refractivity contribution in [1.29, 1.82) is 0 Å². The molecule has 0 bridgehead atoms. The number of benzene rings is 1. The van der Waals surface area contributed by atoms with Gasteiger partial charge in [-0.1, -0.05) is 25.1 Å². The molecule has 0 radical (unpaired) electrons. The van der Waals surface area contributed by atoms with E-state index in [0.29, 0.717) is 0 Å². The van der Waals surface area contributed by atoms with Gasteiger partial charge in [-0.05, 0) is 17.7 Å². The van der Waals surface area contributed by atoms with Crippen LogP contribution in [0.1, 0.15) is 25.8 Å². The van der Waals surface area contributed by atoms with E-state index in [4.69, 9.17) is 9.63 Å². The Bertz CT molecular complexity index is 528. The molecular formula is C12H13NO3. The molecule has 0 spiro atoms. The number of carboxylic acids is 1. The summed E-state index contributed by atoms with van der Waals surface area (Å²) < 4.78 is 5.00. The number of aliphatic carboxylic acids is 1. The molecule has 0 amide bonds. The van der Waals surface area contributed by atoms with Gasteiger partial charge in [0.1, 0.15) is 0 Å². The number of hydrogen-bond acceptors (Lipinski definition) is 3. The van der Waals surface area contributed by atoms with Crippen LogP contribution in [0, 0.1) is 0 Å². The number of aromatic nitrogens is 1. The van der Waals surface area contributed by atoms with E-state index in [2.05, 4.69) is 5.16 Å². The molecule has 0 fully saturated rings. The monoisotopic (exact) mass is 219 g/mol. The lowest BCUT2D eigenvalue weighted by Gasteiger charge is -2.22. The Hall–Kier alpha value is -1.84. The zero-order valence-corrected chi connectivity index (χ0v) is 9.23. The number of fused-ring (bicyclic) bond motifs is 1. The van der Waals surface area contributed by atoms with Gasteiger partial charge in [0.25, 0.3) is 0 Å². The highest BCUT2D eigenvalue weighted by Crippen LogP contribution is 2.29. The van der Waals surface area contributed by atoms with Crippen molar-refractivity contribution in [3.63, 3.8) is 0 Å². The van der Waals surface area contributed by atoms with Gasteiger partial charge in [-0.25, -0.2) is 0 Å². The number of carboxylic acid groups (broad SMARTS) is 1. The van der Waals surface area contributed by atoms with Crippen molar-refractivity contribution >= 4 is 16.9 Å².